The van der Waals surface area contributed by atoms with Crippen molar-refractivity contribution in [2.45, 2.75) is 18.6 Å². The normalized spacial score (nSPS) is 21.2. The Morgan fingerprint density at radius 3 is 2.40 bits per heavy atom. The van der Waals surface area contributed by atoms with Gasteiger partial charge in [0.25, 0.3) is 0 Å². The Kier molecular flexibility index (Phi) is 5.14. The highest BCUT2D eigenvalue weighted by atomic mass is 16.3. The summed E-state index contributed by atoms with van der Waals surface area (Å²) in [5.41, 5.74) is 1.70. The fourth-order valence-corrected chi connectivity index (χ4v) is 3.33. The van der Waals surface area contributed by atoms with Crippen molar-refractivity contribution in [1.29, 1.82) is 0 Å². The van der Waals surface area contributed by atoms with E-state index >= 15 is 0 Å². The molecule has 2 amide bonds. The number of amides is 2. The molecule has 25 heavy (non-hydrogen) atoms. The molecule has 0 aromatic heterocycles. The van der Waals surface area contributed by atoms with Crippen molar-refractivity contribution in [2.75, 3.05) is 13.6 Å². The highest BCUT2D eigenvalue weighted by molar-refractivity contribution is 5.90. The van der Waals surface area contributed by atoms with Crippen molar-refractivity contribution in [3.05, 3.63) is 71.8 Å². The molecule has 0 spiro atoms. The number of benzene rings is 2. The average Bonchev–Trinajstić information content (AvgIpc) is 2.96. The van der Waals surface area contributed by atoms with Crippen molar-refractivity contribution < 1.29 is 14.7 Å². The van der Waals surface area contributed by atoms with E-state index in [9.17, 15) is 14.7 Å². The van der Waals surface area contributed by atoms with Gasteiger partial charge in [-0.15, -0.1) is 0 Å². The number of hydrogen-bond acceptors (Lipinski definition) is 3. The minimum atomic E-state index is -0.768. The lowest BCUT2D eigenvalue weighted by Crippen LogP contribution is -2.36. The van der Waals surface area contributed by atoms with Gasteiger partial charge in [0.1, 0.15) is 0 Å². The minimum absolute atomic E-state index is 0.0439. The largest absolute Gasteiger partial charge is 0.387 e. The van der Waals surface area contributed by atoms with Gasteiger partial charge in [-0.2, -0.15) is 0 Å². The van der Waals surface area contributed by atoms with Gasteiger partial charge in [0.05, 0.1) is 18.1 Å². The summed E-state index contributed by atoms with van der Waals surface area (Å²) in [6, 6.07) is 18.5. The van der Waals surface area contributed by atoms with Crippen molar-refractivity contribution in [2.24, 2.45) is 5.92 Å². The van der Waals surface area contributed by atoms with Crippen LogP contribution in [0.3, 0.4) is 0 Å². The first-order chi connectivity index (χ1) is 12.1. The molecule has 0 bridgehead atoms. The zero-order chi connectivity index (χ0) is 17.8. The van der Waals surface area contributed by atoms with Crippen LogP contribution in [-0.2, 0) is 9.59 Å². The first kappa shape index (κ1) is 17.2. The molecule has 1 aliphatic heterocycles. The van der Waals surface area contributed by atoms with Crippen LogP contribution in [0.5, 0.6) is 0 Å². The van der Waals surface area contributed by atoms with Crippen LogP contribution in [-0.4, -0.2) is 35.4 Å². The lowest BCUT2D eigenvalue weighted by atomic mass is 9.93. The third-order valence-corrected chi connectivity index (χ3v) is 4.72. The maximum Gasteiger partial charge on any atom is 0.226 e. The van der Waals surface area contributed by atoms with Gasteiger partial charge in [-0.3, -0.25) is 9.59 Å². The smallest absolute Gasteiger partial charge is 0.226 e. The van der Waals surface area contributed by atoms with Gasteiger partial charge in [0.2, 0.25) is 11.8 Å². The van der Waals surface area contributed by atoms with E-state index in [1.807, 2.05) is 60.7 Å². The van der Waals surface area contributed by atoms with Gasteiger partial charge in [0, 0.05) is 20.0 Å². The lowest BCUT2D eigenvalue weighted by molar-refractivity contribution is -0.128. The number of carbonyl (C=O) groups is 2. The second-order valence-electron chi connectivity index (χ2n) is 6.34. The molecule has 0 unspecified atom stereocenters. The molecule has 3 rings (SSSR count). The molecule has 1 saturated heterocycles. The molecule has 5 nitrogen and oxygen atoms in total. The summed E-state index contributed by atoms with van der Waals surface area (Å²) in [6.07, 6.45) is -0.585. The van der Waals surface area contributed by atoms with Gasteiger partial charge in [-0.25, -0.2) is 0 Å². The maximum absolute atomic E-state index is 12.7. The Hall–Kier alpha value is -2.66. The van der Waals surface area contributed by atoms with E-state index in [4.69, 9.17) is 0 Å². The molecule has 1 fully saturated rings. The van der Waals surface area contributed by atoms with E-state index in [1.54, 1.807) is 11.9 Å². The molecular weight excluding hydrogens is 316 g/mol. The maximum atomic E-state index is 12.7. The summed E-state index contributed by atoms with van der Waals surface area (Å²) in [5.74, 6) is -0.706. The van der Waals surface area contributed by atoms with E-state index < -0.39 is 12.0 Å². The molecule has 5 heteroatoms. The molecule has 0 aliphatic carbocycles. The van der Waals surface area contributed by atoms with Crippen LogP contribution in [0.1, 0.15) is 29.7 Å². The van der Waals surface area contributed by atoms with Crippen molar-refractivity contribution >= 4 is 11.8 Å². The highest BCUT2D eigenvalue weighted by Gasteiger charge is 2.42. The van der Waals surface area contributed by atoms with Crippen LogP contribution in [0.25, 0.3) is 0 Å². The predicted octanol–water partition coefficient (Wildman–Crippen LogP) is 2.06. The Morgan fingerprint density at radius 2 is 1.76 bits per heavy atom. The molecule has 1 heterocycles. The number of aliphatic hydroxyl groups is 1. The summed E-state index contributed by atoms with van der Waals surface area (Å²) < 4.78 is 0. The molecule has 0 radical (unpaired) electrons. The van der Waals surface area contributed by atoms with E-state index in [0.29, 0.717) is 0 Å². The van der Waals surface area contributed by atoms with Crippen LogP contribution < -0.4 is 5.32 Å². The zero-order valence-corrected chi connectivity index (χ0v) is 14.1. The Balaban J connectivity index is 1.69. The van der Waals surface area contributed by atoms with E-state index in [2.05, 4.69) is 5.32 Å². The first-order valence-electron chi connectivity index (χ1n) is 8.39. The van der Waals surface area contributed by atoms with E-state index in [0.717, 1.165) is 11.1 Å². The third kappa shape index (κ3) is 3.72. The summed E-state index contributed by atoms with van der Waals surface area (Å²) in [5, 5.41) is 13.0. The Labute approximate surface area is 147 Å². The molecule has 3 atom stereocenters. The number of nitrogens with one attached hydrogen (secondary N) is 1. The van der Waals surface area contributed by atoms with Crippen LogP contribution in [0.2, 0.25) is 0 Å². The van der Waals surface area contributed by atoms with Gasteiger partial charge in [-0.05, 0) is 11.1 Å². The van der Waals surface area contributed by atoms with Gasteiger partial charge >= 0.3 is 0 Å². The molecular formula is C20H22N2O3. The van der Waals surface area contributed by atoms with Crippen LogP contribution in [0.4, 0.5) is 0 Å². The number of nitrogens with zero attached hydrogens (tertiary/aromatic N) is 1. The van der Waals surface area contributed by atoms with Gasteiger partial charge in [-0.1, -0.05) is 60.7 Å². The second-order valence-corrected chi connectivity index (χ2v) is 6.34. The topological polar surface area (TPSA) is 69.6 Å². The van der Waals surface area contributed by atoms with Crippen molar-refractivity contribution in [1.82, 2.24) is 10.2 Å². The van der Waals surface area contributed by atoms with E-state index in [1.165, 1.54) is 0 Å². The minimum Gasteiger partial charge on any atom is -0.387 e. The van der Waals surface area contributed by atoms with Gasteiger partial charge < -0.3 is 15.3 Å². The molecule has 2 N–H and O–H groups in total. The van der Waals surface area contributed by atoms with E-state index in [-0.39, 0.29) is 30.8 Å². The predicted molar refractivity (Wildman–Crippen MR) is 94.5 cm³/mol. The van der Waals surface area contributed by atoms with Crippen LogP contribution >= 0.6 is 0 Å². The SMILES string of the molecule is CN1C(=O)C[C@H](C(=O)NC[C@H](O)c2ccccc2)[C@@H]1c1ccccc1. The summed E-state index contributed by atoms with van der Waals surface area (Å²) in [7, 11) is 1.73. The Bertz CT molecular complexity index is 733. The molecule has 1 aliphatic rings. The zero-order valence-electron chi connectivity index (χ0n) is 14.1. The molecule has 0 saturated carbocycles. The number of hydrogen-bond donors (Lipinski definition) is 2. The number of likely N-dealkylation sites (tertiary alicyclic amines) is 1. The Morgan fingerprint density at radius 1 is 1.16 bits per heavy atom. The fourth-order valence-electron chi connectivity index (χ4n) is 3.33. The molecule has 2 aromatic carbocycles. The number of aliphatic hydroxyl groups excluding tert-OH is 1. The number of rotatable bonds is 5. The first-order valence-corrected chi connectivity index (χ1v) is 8.39. The van der Waals surface area contributed by atoms with Crippen molar-refractivity contribution in [3.8, 4) is 0 Å². The quantitative estimate of drug-likeness (QED) is 0.877. The average molecular weight is 338 g/mol. The fraction of sp³-hybridized carbons (Fsp3) is 0.300. The summed E-state index contributed by atoms with van der Waals surface area (Å²) in [4.78, 5) is 26.4. The van der Waals surface area contributed by atoms with Gasteiger partial charge in [0.15, 0.2) is 0 Å². The summed E-state index contributed by atoms with van der Waals surface area (Å²) in [6.45, 7) is 0.124. The second kappa shape index (κ2) is 7.49. The standard InChI is InChI=1S/C20H22N2O3/c1-22-18(24)12-16(19(22)15-10-6-3-7-11-15)20(25)21-13-17(23)14-8-4-2-5-9-14/h2-11,16-17,19,23H,12-13H2,1H3,(H,21,25)/t16-,17-,19-/m0/s1. The molecule has 2 aromatic rings. The van der Waals surface area contributed by atoms with Crippen LogP contribution in [0.15, 0.2) is 60.7 Å². The van der Waals surface area contributed by atoms with Crippen LogP contribution in [0, 0.1) is 5.92 Å². The highest BCUT2D eigenvalue weighted by Crippen LogP contribution is 2.37. The molecule has 130 valence electrons. The summed E-state index contributed by atoms with van der Waals surface area (Å²) >= 11 is 0. The lowest BCUT2D eigenvalue weighted by Gasteiger charge is -2.25. The third-order valence-electron chi connectivity index (χ3n) is 4.72. The number of carbonyl (C=O) groups excluding carboxylic acids is 2. The van der Waals surface area contributed by atoms with Crippen molar-refractivity contribution in [3.63, 3.8) is 0 Å². The monoisotopic (exact) mass is 338 g/mol.